The molecule has 2 heterocycles. The molecule has 170 valence electrons. The van der Waals surface area contributed by atoms with Gasteiger partial charge in [-0.25, -0.2) is 14.8 Å². The van der Waals surface area contributed by atoms with Gasteiger partial charge in [0.2, 0.25) is 0 Å². The van der Waals surface area contributed by atoms with Crippen molar-refractivity contribution in [2.75, 3.05) is 13.2 Å². The zero-order chi connectivity index (χ0) is 23.2. The highest BCUT2D eigenvalue weighted by atomic mass is 19.4. The first-order valence-corrected chi connectivity index (χ1v) is 10.3. The number of amides is 2. The third-order valence-electron chi connectivity index (χ3n) is 5.96. The molecule has 3 atom stereocenters. The molecular formula is C23H23F3N2O4. The summed E-state index contributed by atoms with van der Waals surface area (Å²) in [7, 11) is 0. The molecule has 2 aliphatic heterocycles. The van der Waals surface area contributed by atoms with Gasteiger partial charge in [-0.15, -0.1) is 6.58 Å². The topological polar surface area (TPSA) is 59.1 Å². The van der Waals surface area contributed by atoms with Crippen LogP contribution in [0.1, 0.15) is 25.5 Å². The van der Waals surface area contributed by atoms with E-state index in [1.165, 1.54) is 6.08 Å². The fraction of sp³-hybridized carbons (Fsp3) is 0.391. The number of benzene rings is 2. The number of hydrogen-bond acceptors (Lipinski definition) is 4. The van der Waals surface area contributed by atoms with Gasteiger partial charge >= 0.3 is 18.2 Å². The van der Waals surface area contributed by atoms with Gasteiger partial charge in [0.15, 0.2) is 0 Å². The van der Waals surface area contributed by atoms with E-state index in [4.69, 9.17) is 9.47 Å². The Hall–Kier alpha value is -3.23. The highest BCUT2D eigenvalue weighted by Crippen LogP contribution is 2.46. The number of carbonyl (C=O) groups is 2. The van der Waals surface area contributed by atoms with Crippen molar-refractivity contribution in [3.63, 3.8) is 0 Å². The fourth-order valence-corrected chi connectivity index (χ4v) is 4.34. The van der Waals surface area contributed by atoms with Gasteiger partial charge in [0.05, 0.1) is 18.7 Å². The van der Waals surface area contributed by atoms with Crippen molar-refractivity contribution >= 4 is 22.8 Å². The maximum Gasteiger partial charge on any atom is 0.473 e. The SMILES string of the molecule is C=C[C@H]1COc2ccc3ccccc3c2[C@H]1N(C(=O)C(F)(F)F)N1C(=O)OC[C@@H]1C(C)C. The second-order valence-electron chi connectivity index (χ2n) is 8.23. The van der Waals surface area contributed by atoms with Crippen molar-refractivity contribution in [2.45, 2.75) is 32.1 Å². The fourth-order valence-electron chi connectivity index (χ4n) is 4.34. The highest BCUT2D eigenvalue weighted by Gasteiger charge is 2.54. The molecule has 0 radical (unpaired) electrons. The normalized spacial score (nSPS) is 23.0. The van der Waals surface area contributed by atoms with E-state index in [9.17, 15) is 22.8 Å². The summed E-state index contributed by atoms with van der Waals surface area (Å²) in [6, 6.07) is 8.72. The molecule has 2 aromatic carbocycles. The lowest BCUT2D eigenvalue weighted by Crippen LogP contribution is -2.59. The Labute approximate surface area is 183 Å². The largest absolute Gasteiger partial charge is 0.492 e. The van der Waals surface area contributed by atoms with E-state index in [0.29, 0.717) is 21.7 Å². The second-order valence-corrected chi connectivity index (χ2v) is 8.23. The Balaban J connectivity index is 1.98. The Morgan fingerprint density at radius 2 is 1.91 bits per heavy atom. The molecule has 0 unspecified atom stereocenters. The van der Waals surface area contributed by atoms with Gasteiger partial charge in [0.1, 0.15) is 12.4 Å². The summed E-state index contributed by atoms with van der Waals surface area (Å²) in [4.78, 5) is 25.5. The molecule has 0 bridgehead atoms. The summed E-state index contributed by atoms with van der Waals surface area (Å²) in [5, 5.41) is 2.77. The summed E-state index contributed by atoms with van der Waals surface area (Å²) < 4.78 is 52.5. The van der Waals surface area contributed by atoms with Crippen LogP contribution in [0, 0.1) is 11.8 Å². The van der Waals surface area contributed by atoms with Gasteiger partial charge in [-0.05, 0) is 22.8 Å². The number of halogens is 3. The number of nitrogens with zero attached hydrogens (tertiary/aromatic N) is 2. The number of hydrazine groups is 1. The van der Waals surface area contributed by atoms with Gasteiger partial charge in [-0.1, -0.05) is 50.3 Å². The van der Waals surface area contributed by atoms with Crippen LogP contribution in [-0.4, -0.2) is 47.5 Å². The van der Waals surface area contributed by atoms with E-state index in [1.54, 1.807) is 38.1 Å². The summed E-state index contributed by atoms with van der Waals surface area (Å²) in [5.74, 6) is -2.72. The number of rotatable bonds is 4. The van der Waals surface area contributed by atoms with Crippen molar-refractivity contribution in [2.24, 2.45) is 11.8 Å². The number of fused-ring (bicyclic) bond motifs is 3. The monoisotopic (exact) mass is 448 g/mol. The zero-order valence-electron chi connectivity index (χ0n) is 17.6. The minimum atomic E-state index is -5.21. The molecule has 0 spiro atoms. The van der Waals surface area contributed by atoms with Crippen molar-refractivity contribution in [1.29, 1.82) is 0 Å². The van der Waals surface area contributed by atoms with Crippen LogP contribution in [0.4, 0.5) is 18.0 Å². The van der Waals surface area contributed by atoms with Crippen molar-refractivity contribution < 1.29 is 32.2 Å². The minimum absolute atomic E-state index is 0.0103. The van der Waals surface area contributed by atoms with E-state index >= 15 is 0 Å². The van der Waals surface area contributed by atoms with Gasteiger partial charge in [0.25, 0.3) is 0 Å². The van der Waals surface area contributed by atoms with Crippen LogP contribution in [0.2, 0.25) is 0 Å². The lowest BCUT2D eigenvalue weighted by molar-refractivity contribution is -0.207. The Kier molecular flexibility index (Phi) is 5.52. The van der Waals surface area contributed by atoms with Gasteiger partial charge in [-0.3, -0.25) is 4.79 Å². The van der Waals surface area contributed by atoms with Crippen molar-refractivity contribution in [1.82, 2.24) is 10.0 Å². The standard InChI is InChI=1S/C23H23F3N2O4/c1-4-14-11-31-18-10-9-15-7-5-6-8-16(15)19(18)20(14)28(21(29)23(24,25)26)27-17(13(2)3)12-32-22(27)30/h4-10,13-14,17,20H,1,11-12H2,2-3H3/t14-,17+,20-/m0/s1. The van der Waals surface area contributed by atoms with Crippen LogP contribution in [0.5, 0.6) is 5.75 Å². The first kappa shape index (κ1) is 22.0. The summed E-state index contributed by atoms with van der Waals surface area (Å²) in [5.41, 5.74) is 0.402. The zero-order valence-corrected chi connectivity index (χ0v) is 17.6. The van der Waals surface area contributed by atoms with Crippen molar-refractivity contribution in [3.8, 4) is 5.75 Å². The molecule has 0 saturated carbocycles. The molecule has 0 N–H and O–H groups in total. The Morgan fingerprint density at radius 3 is 2.56 bits per heavy atom. The molecule has 0 aliphatic carbocycles. The van der Waals surface area contributed by atoms with Crippen LogP contribution < -0.4 is 4.74 Å². The van der Waals surface area contributed by atoms with Gasteiger partial charge < -0.3 is 9.47 Å². The lowest BCUT2D eigenvalue weighted by Gasteiger charge is -2.45. The average molecular weight is 448 g/mol. The molecule has 32 heavy (non-hydrogen) atoms. The summed E-state index contributed by atoms with van der Waals surface area (Å²) in [6.45, 7) is 7.18. The first-order valence-electron chi connectivity index (χ1n) is 10.3. The number of carbonyl (C=O) groups excluding carboxylic acids is 2. The van der Waals surface area contributed by atoms with Crippen LogP contribution in [0.3, 0.4) is 0 Å². The summed E-state index contributed by atoms with van der Waals surface area (Å²) >= 11 is 0. The van der Waals surface area contributed by atoms with Crippen LogP contribution in [0.15, 0.2) is 49.1 Å². The van der Waals surface area contributed by atoms with E-state index < -0.39 is 36.2 Å². The molecule has 9 heteroatoms. The Morgan fingerprint density at radius 1 is 1.19 bits per heavy atom. The predicted molar refractivity (Wildman–Crippen MR) is 111 cm³/mol. The maximum absolute atomic E-state index is 13.9. The molecule has 2 aromatic rings. The second kappa shape index (κ2) is 8.03. The van der Waals surface area contributed by atoms with E-state index in [2.05, 4.69) is 6.58 Å². The Bertz CT molecular complexity index is 1070. The maximum atomic E-state index is 13.9. The van der Waals surface area contributed by atoms with Gasteiger partial charge in [-0.2, -0.15) is 13.2 Å². The molecule has 4 rings (SSSR count). The van der Waals surface area contributed by atoms with Crippen LogP contribution in [-0.2, 0) is 9.53 Å². The smallest absolute Gasteiger partial charge is 0.473 e. The molecule has 2 aliphatic rings. The molecule has 1 saturated heterocycles. The lowest BCUT2D eigenvalue weighted by atomic mass is 9.86. The van der Waals surface area contributed by atoms with Crippen LogP contribution >= 0.6 is 0 Å². The molecule has 0 aromatic heterocycles. The highest BCUT2D eigenvalue weighted by molar-refractivity contribution is 5.90. The third kappa shape index (κ3) is 3.55. The summed E-state index contributed by atoms with van der Waals surface area (Å²) in [6.07, 6.45) is -4.74. The molecule has 6 nitrogen and oxygen atoms in total. The van der Waals surface area contributed by atoms with E-state index in [1.807, 2.05) is 12.1 Å². The van der Waals surface area contributed by atoms with E-state index in [-0.39, 0.29) is 19.1 Å². The molecular weight excluding hydrogens is 425 g/mol. The van der Waals surface area contributed by atoms with Crippen molar-refractivity contribution in [3.05, 3.63) is 54.6 Å². The van der Waals surface area contributed by atoms with Gasteiger partial charge in [0, 0.05) is 11.5 Å². The average Bonchev–Trinajstić information content (AvgIpc) is 3.14. The minimum Gasteiger partial charge on any atom is -0.492 e. The predicted octanol–water partition coefficient (Wildman–Crippen LogP) is 4.86. The molecule has 2 amide bonds. The quantitative estimate of drug-likeness (QED) is 0.627. The molecule has 1 fully saturated rings. The number of cyclic esters (lactones) is 1. The number of ether oxygens (including phenoxy) is 2. The number of alkyl halides is 3. The third-order valence-corrected chi connectivity index (χ3v) is 5.96. The number of hydrogen-bond donors (Lipinski definition) is 0. The first-order chi connectivity index (χ1) is 15.1. The van der Waals surface area contributed by atoms with E-state index in [0.717, 1.165) is 10.4 Å². The van der Waals surface area contributed by atoms with Crippen LogP contribution in [0.25, 0.3) is 10.8 Å².